The van der Waals surface area contributed by atoms with Crippen molar-refractivity contribution in [2.24, 2.45) is 0 Å². The summed E-state index contributed by atoms with van der Waals surface area (Å²) in [4.78, 5) is 5.36. The Morgan fingerprint density at radius 3 is 2.75 bits per heavy atom. The zero-order chi connectivity index (χ0) is 13.9. The van der Waals surface area contributed by atoms with E-state index in [9.17, 15) is 0 Å². The molecule has 0 aliphatic carbocycles. The molecule has 0 saturated heterocycles. The molecule has 1 aliphatic heterocycles. The van der Waals surface area contributed by atoms with E-state index >= 15 is 0 Å². The molecule has 3 rings (SSSR count). The fraction of sp³-hybridized carbons (Fsp3) is 0.214. The van der Waals surface area contributed by atoms with E-state index in [0.717, 1.165) is 21.4 Å². The van der Waals surface area contributed by atoms with Crippen LogP contribution in [0.5, 0.6) is 17.4 Å². The summed E-state index contributed by atoms with van der Waals surface area (Å²) < 4.78 is 16.2. The number of rotatable bonds is 3. The number of methoxy groups -OCH3 is 1. The highest BCUT2D eigenvalue weighted by Gasteiger charge is 2.13. The van der Waals surface area contributed by atoms with Crippen LogP contribution in [-0.2, 0) is 0 Å². The molecule has 0 spiro atoms. The third-order valence-corrected chi connectivity index (χ3v) is 3.72. The number of nitrogen functional groups attached to an aromatic ring is 1. The summed E-state index contributed by atoms with van der Waals surface area (Å²) in [6.07, 6.45) is 0. The van der Waals surface area contributed by atoms with Gasteiger partial charge in [-0.05, 0) is 30.3 Å². The molecule has 0 atom stereocenters. The Balaban J connectivity index is 1.84. The SMILES string of the molecule is COc1nc(Sc2ccc3c(c2)OCCO3)ccc1N. The van der Waals surface area contributed by atoms with Crippen molar-refractivity contribution >= 4 is 17.4 Å². The minimum absolute atomic E-state index is 0.438. The number of benzene rings is 1. The van der Waals surface area contributed by atoms with Gasteiger partial charge in [0, 0.05) is 4.90 Å². The molecule has 2 heterocycles. The molecule has 20 heavy (non-hydrogen) atoms. The van der Waals surface area contributed by atoms with Crippen molar-refractivity contribution in [1.29, 1.82) is 0 Å². The van der Waals surface area contributed by atoms with Gasteiger partial charge in [-0.2, -0.15) is 0 Å². The lowest BCUT2D eigenvalue weighted by Gasteiger charge is -2.18. The maximum absolute atomic E-state index is 5.75. The highest BCUT2D eigenvalue weighted by Crippen LogP contribution is 2.37. The lowest BCUT2D eigenvalue weighted by molar-refractivity contribution is 0.171. The Kier molecular flexibility index (Phi) is 3.56. The van der Waals surface area contributed by atoms with E-state index in [-0.39, 0.29) is 0 Å². The Labute approximate surface area is 121 Å². The van der Waals surface area contributed by atoms with Crippen molar-refractivity contribution < 1.29 is 14.2 Å². The standard InChI is InChI=1S/C14H14N2O3S/c1-17-14-10(15)3-5-13(16-14)20-9-2-4-11-12(8-9)19-7-6-18-11/h2-5,8H,6-7,15H2,1H3. The third kappa shape index (κ3) is 2.60. The first kappa shape index (κ1) is 12.9. The Hall–Kier alpha value is -2.08. The number of pyridine rings is 1. The van der Waals surface area contributed by atoms with Crippen molar-refractivity contribution in [2.75, 3.05) is 26.1 Å². The maximum atomic E-state index is 5.75. The molecule has 0 unspecified atom stereocenters. The molecule has 5 nitrogen and oxygen atoms in total. The summed E-state index contributed by atoms with van der Waals surface area (Å²) in [7, 11) is 1.55. The van der Waals surface area contributed by atoms with Crippen LogP contribution >= 0.6 is 11.8 Å². The first-order valence-corrected chi connectivity index (χ1v) is 6.96. The minimum Gasteiger partial charge on any atom is -0.486 e. The number of anilines is 1. The molecule has 0 fully saturated rings. The van der Waals surface area contributed by atoms with Crippen molar-refractivity contribution in [1.82, 2.24) is 4.98 Å². The molecule has 2 N–H and O–H groups in total. The largest absolute Gasteiger partial charge is 0.486 e. The van der Waals surface area contributed by atoms with Gasteiger partial charge >= 0.3 is 0 Å². The van der Waals surface area contributed by atoms with Crippen molar-refractivity contribution in [3.63, 3.8) is 0 Å². The molecule has 2 aromatic rings. The molecule has 1 aliphatic rings. The molecular weight excluding hydrogens is 276 g/mol. The van der Waals surface area contributed by atoms with E-state index in [1.165, 1.54) is 11.8 Å². The van der Waals surface area contributed by atoms with E-state index in [0.29, 0.717) is 24.8 Å². The van der Waals surface area contributed by atoms with Crippen molar-refractivity contribution in [3.8, 4) is 17.4 Å². The fourth-order valence-corrected chi connectivity index (χ4v) is 2.67. The number of nitrogens with two attached hydrogens (primary N) is 1. The van der Waals surface area contributed by atoms with Crippen LogP contribution in [0.3, 0.4) is 0 Å². The second kappa shape index (κ2) is 5.50. The summed E-state index contributed by atoms with van der Waals surface area (Å²) in [6, 6.07) is 9.48. The van der Waals surface area contributed by atoms with Crippen LogP contribution in [0.2, 0.25) is 0 Å². The molecule has 6 heteroatoms. The number of ether oxygens (including phenoxy) is 3. The quantitative estimate of drug-likeness (QED) is 0.937. The number of hydrogen-bond donors (Lipinski definition) is 1. The van der Waals surface area contributed by atoms with Gasteiger partial charge in [-0.15, -0.1) is 0 Å². The predicted octanol–water partition coefficient (Wildman–Crippen LogP) is 2.59. The normalized spacial score (nSPS) is 13.1. The van der Waals surface area contributed by atoms with Crippen molar-refractivity contribution in [2.45, 2.75) is 9.92 Å². The zero-order valence-corrected chi connectivity index (χ0v) is 11.8. The van der Waals surface area contributed by atoms with Gasteiger partial charge in [0.2, 0.25) is 5.88 Å². The highest BCUT2D eigenvalue weighted by molar-refractivity contribution is 7.99. The number of fused-ring (bicyclic) bond motifs is 1. The van der Waals surface area contributed by atoms with Crippen LogP contribution in [0.15, 0.2) is 40.3 Å². The van der Waals surface area contributed by atoms with Crippen molar-refractivity contribution in [3.05, 3.63) is 30.3 Å². The molecule has 0 amide bonds. The summed E-state index contributed by atoms with van der Waals surface area (Å²) in [5.74, 6) is 1.99. The Morgan fingerprint density at radius 1 is 1.15 bits per heavy atom. The van der Waals surface area contributed by atoms with Gasteiger partial charge in [-0.3, -0.25) is 0 Å². The summed E-state index contributed by atoms with van der Waals surface area (Å²) >= 11 is 1.52. The average Bonchev–Trinajstić information content (AvgIpc) is 2.49. The van der Waals surface area contributed by atoms with Gasteiger partial charge in [0.1, 0.15) is 18.2 Å². The lowest BCUT2D eigenvalue weighted by Crippen LogP contribution is -2.15. The topological polar surface area (TPSA) is 66.6 Å². The van der Waals surface area contributed by atoms with Gasteiger partial charge < -0.3 is 19.9 Å². The number of hydrogen-bond acceptors (Lipinski definition) is 6. The van der Waals surface area contributed by atoms with Crippen LogP contribution in [-0.4, -0.2) is 25.3 Å². The van der Waals surface area contributed by atoms with E-state index in [1.54, 1.807) is 13.2 Å². The second-order valence-electron chi connectivity index (χ2n) is 4.16. The van der Waals surface area contributed by atoms with Crippen LogP contribution in [0, 0.1) is 0 Å². The predicted molar refractivity (Wildman–Crippen MR) is 76.8 cm³/mol. The van der Waals surface area contributed by atoms with E-state index < -0.39 is 0 Å². The first-order chi connectivity index (χ1) is 9.76. The number of aromatic nitrogens is 1. The van der Waals surface area contributed by atoms with E-state index in [2.05, 4.69) is 4.98 Å². The lowest BCUT2D eigenvalue weighted by atomic mass is 10.3. The molecule has 104 valence electrons. The Bertz CT molecular complexity index is 634. The highest BCUT2D eigenvalue weighted by atomic mass is 32.2. The fourth-order valence-electron chi connectivity index (χ4n) is 1.86. The zero-order valence-electron chi connectivity index (χ0n) is 11.0. The summed E-state index contributed by atoms with van der Waals surface area (Å²) in [6.45, 7) is 1.17. The minimum atomic E-state index is 0.438. The molecule has 1 aromatic carbocycles. The van der Waals surface area contributed by atoms with Crippen LogP contribution in [0.25, 0.3) is 0 Å². The van der Waals surface area contributed by atoms with E-state index in [1.807, 2.05) is 24.3 Å². The van der Waals surface area contributed by atoms with Crippen LogP contribution < -0.4 is 19.9 Å². The molecular formula is C14H14N2O3S. The Morgan fingerprint density at radius 2 is 1.95 bits per heavy atom. The summed E-state index contributed by atoms with van der Waals surface area (Å²) in [5, 5.41) is 0.813. The second-order valence-corrected chi connectivity index (χ2v) is 5.25. The van der Waals surface area contributed by atoms with E-state index in [4.69, 9.17) is 19.9 Å². The average molecular weight is 290 g/mol. The van der Waals surface area contributed by atoms with Crippen LogP contribution in [0.4, 0.5) is 5.69 Å². The summed E-state index contributed by atoms with van der Waals surface area (Å²) in [5.41, 5.74) is 6.28. The van der Waals surface area contributed by atoms with Gasteiger partial charge in [0.25, 0.3) is 0 Å². The third-order valence-electron chi connectivity index (χ3n) is 2.79. The maximum Gasteiger partial charge on any atom is 0.237 e. The van der Waals surface area contributed by atoms with Gasteiger partial charge in [0.15, 0.2) is 11.5 Å². The molecule has 0 saturated carbocycles. The smallest absolute Gasteiger partial charge is 0.237 e. The van der Waals surface area contributed by atoms with Gasteiger partial charge in [-0.1, -0.05) is 11.8 Å². The van der Waals surface area contributed by atoms with Gasteiger partial charge in [0.05, 0.1) is 12.8 Å². The first-order valence-electron chi connectivity index (χ1n) is 6.14. The van der Waals surface area contributed by atoms with Crippen LogP contribution in [0.1, 0.15) is 0 Å². The molecule has 0 bridgehead atoms. The monoisotopic (exact) mass is 290 g/mol. The van der Waals surface area contributed by atoms with Gasteiger partial charge in [-0.25, -0.2) is 4.98 Å². The number of nitrogens with zero attached hydrogens (tertiary/aromatic N) is 1. The molecule has 1 aromatic heterocycles. The molecule has 0 radical (unpaired) electrons.